The number of carbonyl (C=O) groups is 2. The summed E-state index contributed by atoms with van der Waals surface area (Å²) in [7, 11) is 0. The highest BCUT2D eigenvalue weighted by molar-refractivity contribution is 7.14. The van der Waals surface area contributed by atoms with Crippen LogP contribution < -0.4 is 5.32 Å². The van der Waals surface area contributed by atoms with Crippen molar-refractivity contribution >= 4 is 28.2 Å². The molecule has 0 aliphatic carbocycles. The van der Waals surface area contributed by atoms with Gasteiger partial charge in [0.15, 0.2) is 10.9 Å². The van der Waals surface area contributed by atoms with Crippen molar-refractivity contribution in [3.8, 4) is 0 Å². The second-order valence-corrected chi connectivity index (χ2v) is 4.39. The zero-order valence-electron chi connectivity index (χ0n) is 9.19. The van der Waals surface area contributed by atoms with Crippen LogP contribution in [0.2, 0.25) is 0 Å². The summed E-state index contributed by atoms with van der Waals surface area (Å²) in [6.07, 6.45) is 0.165. The molecule has 1 rings (SSSR count). The van der Waals surface area contributed by atoms with E-state index < -0.39 is 6.10 Å². The highest BCUT2D eigenvalue weighted by Crippen LogP contribution is 2.16. The van der Waals surface area contributed by atoms with Crippen molar-refractivity contribution in [3.05, 3.63) is 11.1 Å². The minimum Gasteiger partial charge on any atom is -0.393 e. The molecule has 0 aliphatic heterocycles. The number of aromatic nitrogens is 1. The summed E-state index contributed by atoms with van der Waals surface area (Å²) in [5.41, 5.74) is 0.357. The molecular formula is C10H14N2O3S. The number of thiazole rings is 1. The maximum atomic E-state index is 11.4. The van der Waals surface area contributed by atoms with Gasteiger partial charge in [-0.05, 0) is 13.3 Å². The maximum absolute atomic E-state index is 11.4. The van der Waals surface area contributed by atoms with E-state index in [9.17, 15) is 9.59 Å². The van der Waals surface area contributed by atoms with Gasteiger partial charge >= 0.3 is 0 Å². The highest BCUT2D eigenvalue weighted by Gasteiger charge is 2.09. The normalized spacial score (nSPS) is 12.2. The molecule has 88 valence electrons. The van der Waals surface area contributed by atoms with Crippen molar-refractivity contribution in [1.82, 2.24) is 4.98 Å². The van der Waals surface area contributed by atoms with Crippen molar-refractivity contribution in [2.24, 2.45) is 0 Å². The number of amides is 1. The molecule has 0 aliphatic rings. The lowest BCUT2D eigenvalue weighted by atomic mass is 10.2. The number of hydrogen-bond acceptors (Lipinski definition) is 5. The van der Waals surface area contributed by atoms with E-state index in [1.54, 1.807) is 12.3 Å². The molecule has 1 aromatic heterocycles. The number of nitrogens with one attached hydrogen (secondary N) is 1. The number of anilines is 1. The van der Waals surface area contributed by atoms with E-state index in [1.165, 1.54) is 18.3 Å². The number of hydrogen-bond donors (Lipinski definition) is 2. The molecule has 0 spiro atoms. The Bertz CT molecular complexity index is 387. The Hall–Kier alpha value is -1.27. The molecule has 1 atom stereocenters. The standard InChI is InChI=1S/C10H14N2O3S/c1-6(13)3-4-9(15)12-10-11-8(5-16-10)7(2)14/h5-6,13H,3-4H2,1-2H3,(H,11,12,15). The van der Waals surface area contributed by atoms with Crippen LogP contribution in [-0.2, 0) is 4.79 Å². The Morgan fingerprint density at radius 1 is 1.62 bits per heavy atom. The molecule has 1 heterocycles. The summed E-state index contributed by atoms with van der Waals surface area (Å²) in [5.74, 6) is -0.328. The summed E-state index contributed by atoms with van der Waals surface area (Å²) in [5, 5.41) is 13.6. The lowest BCUT2D eigenvalue weighted by molar-refractivity contribution is -0.116. The number of nitrogens with zero attached hydrogens (tertiary/aromatic N) is 1. The minimum atomic E-state index is -0.491. The lowest BCUT2D eigenvalue weighted by Crippen LogP contribution is -2.14. The summed E-state index contributed by atoms with van der Waals surface area (Å²) >= 11 is 1.21. The fourth-order valence-electron chi connectivity index (χ4n) is 1.01. The molecule has 0 aromatic carbocycles. The van der Waals surface area contributed by atoms with Gasteiger partial charge in [-0.3, -0.25) is 9.59 Å². The Morgan fingerprint density at radius 2 is 2.31 bits per heavy atom. The molecule has 0 saturated heterocycles. The molecule has 1 aromatic rings. The third-order valence-corrected chi connectivity index (χ3v) is 2.66. The lowest BCUT2D eigenvalue weighted by Gasteiger charge is -2.03. The number of Topliss-reactive ketones (excluding diaryl/α,β-unsaturated/α-hetero) is 1. The van der Waals surface area contributed by atoms with E-state index in [0.717, 1.165) is 0 Å². The predicted octanol–water partition coefficient (Wildman–Crippen LogP) is 1.45. The molecule has 16 heavy (non-hydrogen) atoms. The van der Waals surface area contributed by atoms with Crippen LogP contribution in [0.3, 0.4) is 0 Å². The van der Waals surface area contributed by atoms with Gasteiger partial charge in [-0.15, -0.1) is 11.3 Å². The first-order chi connectivity index (χ1) is 7.49. The molecule has 1 unspecified atom stereocenters. The van der Waals surface area contributed by atoms with Crippen LogP contribution in [-0.4, -0.2) is 27.9 Å². The minimum absolute atomic E-state index is 0.124. The zero-order valence-corrected chi connectivity index (χ0v) is 10.0. The van der Waals surface area contributed by atoms with E-state index >= 15 is 0 Å². The van der Waals surface area contributed by atoms with E-state index in [-0.39, 0.29) is 18.1 Å². The molecule has 5 nitrogen and oxygen atoms in total. The number of aliphatic hydroxyl groups is 1. The van der Waals surface area contributed by atoms with Crippen LogP contribution in [0.5, 0.6) is 0 Å². The van der Waals surface area contributed by atoms with Crippen LogP contribution in [0.4, 0.5) is 5.13 Å². The second-order valence-electron chi connectivity index (χ2n) is 3.53. The van der Waals surface area contributed by atoms with Crippen molar-refractivity contribution in [1.29, 1.82) is 0 Å². The monoisotopic (exact) mass is 242 g/mol. The largest absolute Gasteiger partial charge is 0.393 e. The topological polar surface area (TPSA) is 79.3 Å². The Labute approximate surface area is 97.5 Å². The first-order valence-corrected chi connectivity index (χ1v) is 5.81. The maximum Gasteiger partial charge on any atom is 0.226 e. The van der Waals surface area contributed by atoms with Gasteiger partial charge in [0.2, 0.25) is 5.91 Å². The van der Waals surface area contributed by atoms with Gasteiger partial charge < -0.3 is 10.4 Å². The number of ketones is 1. The second kappa shape index (κ2) is 5.72. The molecule has 2 N–H and O–H groups in total. The molecule has 0 saturated carbocycles. The molecule has 0 fully saturated rings. The van der Waals surface area contributed by atoms with Gasteiger partial charge in [-0.1, -0.05) is 0 Å². The average Bonchev–Trinajstić information content (AvgIpc) is 2.63. The first kappa shape index (κ1) is 12.8. The fourth-order valence-corrected chi connectivity index (χ4v) is 1.78. The SMILES string of the molecule is CC(=O)c1csc(NC(=O)CCC(C)O)n1. The Morgan fingerprint density at radius 3 is 2.81 bits per heavy atom. The molecular weight excluding hydrogens is 228 g/mol. The van der Waals surface area contributed by atoms with Gasteiger partial charge in [0, 0.05) is 18.7 Å². The number of aliphatic hydroxyl groups excluding tert-OH is 1. The smallest absolute Gasteiger partial charge is 0.226 e. The van der Waals surface area contributed by atoms with Crippen LogP contribution in [0, 0.1) is 0 Å². The van der Waals surface area contributed by atoms with Gasteiger partial charge in [-0.2, -0.15) is 0 Å². The van der Waals surface area contributed by atoms with Crippen LogP contribution >= 0.6 is 11.3 Å². The molecule has 0 radical (unpaired) electrons. The fraction of sp³-hybridized carbons (Fsp3) is 0.500. The van der Waals surface area contributed by atoms with Gasteiger partial charge in [0.05, 0.1) is 6.10 Å². The molecule has 0 bridgehead atoms. The van der Waals surface area contributed by atoms with Crippen LogP contribution in [0.15, 0.2) is 5.38 Å². The quantitative estimate of drug-likeness (QED) is 0.766. The third kappa shape index (κ3) is 4.08. The van der Waals surface area contributed by atoms with E-state index in [2.05, 4.69) is 10.3 Å². The summed E-state index contributed by atoms with van der Waals surface area (Å²) in [4.78, 5) is 26.3. The summed E-state index contributed by atoms with van der Waals surface area (Å²) in [6, 6.07) is 0. The van der Waals surface area contributed by atoms with Crippen molar-refractivity contribution < 1.29 is 14.7 Å². The first-order valence-electron chi connectivity index (χ1n) is 4.93. The van der Waals surface area contributed by atoms with Gasteiger partial charge in [0.25, 0.3) is 0 Å². The summed E-state index contributed by atoms with van der Waals surface area (Å²) in [6.45, 7) is 3.05. The third-order valence-electron chi connectivity index (χ3n) is 1.90. The van der Waals surface area contributed by atoms with Crippen molar-refractivity contribution in [2.75, 3.05) is 5.32 Å². The zero-order chi connectivity index (χ0) is 12.1. The number of rotatable bonds is 5. The highest BCUT2D eigenvalue weighted by atomic mass is 32.1. The summed E-state index contributed by atoms with van der Waals surface area (Å²) < 4.78 is 0. The van der Waals surface area contributed by atoms with Gasteiger partial charge in [-0.25, -0.2) is 4.98 Å². The number of carbonyl (C=O) groups excluding carboxylic acids is 2. The van der Waals surface area contributed by atoms with Crippen LogP contribution in [0.1, 0.15) is 37.2 Å². The van der Waals surface area contributed by atoms with E-state index in [0.29, 0.717) is 17.2 Å². The van der Waals surface area contributed by atoms with Crippen LogP contribution in [0.25, 0.3) is 0 Å². The molecule has 6 heteroatoms. The van der Waals surface area contributed by atoms with Crippen molar-refractivity contribution in [3.63, 3.8) is 0 Å². The Balaban J connectivity index is 2.46. The Kier molecular flexibility index (Phi) is 4.57. The molecule has 1 amide bonds. The average molecular weight is 242 g/mol. The van der Waals surface area contributed by atoms with E-state index in [1.807, 2.05) is 0 Å². The van der Waals surface area contributed by atoms with Gasteiger partial charge in [0.1, 0.15) is 5.69 Å². The van der Waals surface area contributed by atoms with E-state index in [4.69, 9.17) is 5.11 Å². The van der Waals surface area contributed by atoms with Crippen molar-refractivity contribution in [2.45, 2.75) is 32.8 Å². The predicted molar refractivity (Wildman–Crippen MR) is 61.7 cm³/mol.